The van der Waals surface area contributed by atoms with Crippen molar-refractivity contribution in [1.82, 2.24) is 0 Å². The minimum Gasteiger partial charge on any atom is -0.481 e. The van der Waals surface area contributed by atoms with Gasteiger partial charge in [0, 0.05) is 0 Å². The zero-order valence-corrected chi connectivity index (χ0v) is 14.5. The van der Waals surface area contributed by atoms with Gasteiger partial charge in [-0.05, 0) is 37.5 Å². The highest BCUT2D eigenvalue weighted by Gasteiger charge is 2.54. The van der Waals surface area contributed by atoms with Crippen molar-refractivity contribution in [2.75, 3.05) is 6.61 Å². The Labute approximate surface area is 140 Å². The second-order valence-corrected chi connectivity index (χ2v) is 7.37. The third-order valence-corrected chi connectivity index (χ3v) is 5.72. The van der Waals surface area contributed by atoms with E-state index in [9.17, 15) is 14.7 Å². The van der Waals surface area contributed by atoms with Gasteiger partial charge in [-0.2, -0.15) is 0 Å². The van der Waals surface area contributed by atoms with Crippen LogP contribution in [-0.4, -0.2) is 23.7 Å². The molecule has 0 spiro atoms. The average Bonchev–Trinajstić information content (AvgIpc) is 3.14. The van der Waals surface area contributed by atoms with E-state index in [4.69, 9.17) is 4.74 Å². The van der Waals surface area contributed by atoms with E-state index < -0.39 is 11.9 Å². The highest BCUT2D eigenvalue weighted by atomic mass is 16.5. The van der Waals surface area contributed by atoms with Crippen LogP contribution in [0.3, 0.4) is 0 Å². The molecule has 1 N–H and O–H groups in total. The Morgan fingerprint density at radius 3 is 2.09 bits per heavy atom. The number of hydrogen-bond acceptors (Lipinski definition) is 3. The lowest BCUT2D eigenvalue weighted by molar-refractivity contribution is -0.160. The van der Waals surface area contributed by atoms with Crippen molar-refractivity contribution in [3.63, 3.8) is 0 Å². The second-order valence-electron chi connectivity index (χ2n) is 7.37. The largest absolute Gasteiger partial charge is 0.481 e. The standard InChI is InChI=1S/C19H32O4/c1-2-3-4-5-6-7-8-9-12-23-19(22)17-15-11-10-14(13-15)16(17)18(20)21/h14-17H,2-13H2,1H3,(H,20,21). The molecule has 0 aromatic rings. The molecule has 2 bridgehead atoms. The number of fused-ring (bicyclic) bond motifs is 2. The van der Waals surface area contributed by atoms with Crippen LogP contribution in [0.1, 0.15) is 77.6 Å². The topological polar surface area (TPSA) is 63.6 Å². The molecule has 0 aromatic heterocycles. The van der Waals surface area contributed by atoms with Gasteiger partial charge in [0.05, 0.1) is 18.4 Å². The summed E-state index contributed by atoms with van der Waals surface area (Å²) < 4.78 is 5.40. The van der Waals surface area contributed by atoms with Gasteiger partial charge in [-0.25, -0.2) is 0 Å². The highest BCUT2D eigenvalue weighted by molar-refractivity contribution is 5.82. The first-order valence-electron chi connectivity index (χ1n) is 9.54. The number of unbranched alkanes of at least 4 members (excludes halogenated alkanes) is 7. The molecule has 4 heteroatoms. The van der Waals surface area contributed by atoms with E-state index in [1.54, 1.807) is 0 Å². The summed E-state index contributed by atoms with van der Waals surface area (Å²) in [6.45, 7) is 2.67. The molecule has 2 saturated carbocycles. The van der Waals surface area contributed by atoms with E-state index in [1.807, 2.05) is 0 Å². The highest BCUT2D eigenvalue weighted by Crippen LogP contribution is 2.52. The van der Waals surface area contributed by atoms with Gasteiger partial charge in [-0.1, -0.05) is 51.9 Å². The van der Waals surface area contributed by atoms with E-state index in [1.165, 1.54) is 38.5 Å². The number of carbonyl (C=O) groups excluding carboxylic acids is 1. The summed E-state index contributed by atoms with van der Waals surface area (Å²) in [5.41, 5.74) is 0. The van der Waals surface area contributed by atoms with Crippen molar-refractivity contribution in [2.45, 2.75) is 77.6 Å². The quantitative estimate of drug-likeness (QED) is 0.451. The number of esters is 1. The molecule has 2 fully saturated rings. The maximum atomic E-state index is 12.3. The molecule has 4 nitrogen and oxygen atoms in total. The molecular weight excluding hydrogens is 292 g/mol. The zero-order chi connectivity index (χ0) is 16.7. The number of ether oxygens (including phenoxy) is 1. The summed E-state index contributed by atoms with van der Waals surface area (Å²) in [5.74, 6) is -1.52. The predicted molar refractivity (Wildman–Crippen MR) is 89.0 cm³/mol. The molecule has 0 amide bonds. The van der Waals surface area contributed by atoms with E-state index in [0.717, 1.165) is 32.1 Å². The van der Waals surface area contributed by atoms with Crippen molar-refractivity contribution >= 4 is 11.9 Å². The van der Waals surface area contributed by atoms with E-state index in [-0.39, 0.29) is 23.7 Å². The van der Waals surface area contributed by atoms with Crippen LogP contribution in [0.25, 0.3) is 0 Å². The van der Waals surface area contributed by atoms with Gasteiger partial charge >= 0.3 is 11.9 Å². The van der Waals surface area contributed by atoms with E-state index in [2.05, 4.69) is 6.92 Å². The lowest BCUT2D eigenvalue weighted by Crippen LogP contribution is -2.35. The number of hydrogen-bond donors (Lipinski definition) is 1. The maximum Gasteiger partial charge on any atom is 0.310 e. The summed E-state index contributed by atoms with van der Waals surface area (Å²) in [4.78, 5) is 23.7. The molecule has 0 heterocycles. The fraction of sp³-hybridized carbons (Fsp3) is 0.895. The summed E-state index contributed by atoms with van der Waals surface area (Å²) in [7, 11) is 0. The minimum absolute atomic E-state index is 0.193. The average molecular weight is 324 g/mol. The Morgan fingerprint density at radius 1 is 0.913 bits per heavy atom. The van der Waals surface area contributed by atoms with Crippen molar-refractivity contribution in [3.8, 4) is 0 Å². The maximum absolute atomic E-state index is 12.3. The lowest BCUT2D eigenvalue weighted by atomic mass is 9.79. The Kier molecular flexibility index (Phi) is 7.38. The van der Waals surface area contributed by atoms with Crippen LogP contribution in [0.4, 0.5) is 0 Å². The van der Waals surface area contributed by atoms with E-state index >= 15 is 0 Å². The Balaban J connectivity index is 1.59. The van der Waals surface area contributed by atoms with Gasteiger partial charge in [0.1, 0.15) is 0 Å². The van der Waals surface area contributed by atoms with Crippen LogP contribution in [0.5, 0.6) is 0 Å². The summed E-state index contributed by atoms with van der Waals surface area (Å²) >= 11 is 0. The molecule has 0 saturated heterocycles. The van der Waals surface area contributed by atoms with Crippen molar-refractivity contribution < 1.29 is 19.4 Å². The van der Waals surface area contributed by atoms with Crippen LogP contribution in [0.15, 0.2) is 0 Å². The smallest absolute Gasteiger partial charge is 0.310 e. The lowest BCUT2D eigenvalue weighted by Gasteiger charge is -2.26. The molecule has 2 aliphatic rings. The first kappa shape index (κ1) is 18.3. The van der Waals surface area contributed by atoms with Crippen molar-refractivity contribution in [3.05, 3.63) is 0 Å². The number of carboxylic acids is 1. The molecule has 2 aliphatic carbocycles. The van der Waals surface area contributed by atoms with Gasteiger partial charge in [-0.15, -0.1) is 0 Å². The van der Waals surface area contributed by atoms with Gasteiger partial charge in [0.2, 0.25) is 0 Å². The third kappa shape index (κ3) is 4.95. The first-order valence-corrected chi connectivity index (χ1v) is 9.54. The molecule has 132 valence electrons. The normalized spacial score (nSPS) is 28.9. The second kappa shape index (κ2) is 9.29. The van der Waals surface area contributed by atoms with Gasteiger partial charge in [-0.3, -0.25) is 9.59 Å². The predicted octanol–water partition coefficient (Wildman–Crippen LogP) is 4.42. The van der Waals surface area contributed by atoms with E-state index in [0.29, 0.717) is 6.61 Å². The number of rotatable bonds is 11. The van der Waals surface area contributed by atoms with Gasteiger partial charge in [0.15, 0.2) is 0 Å². The van der Waals surface area contributed by atoms with Crippen LogP contribution in [0, 0.1) is 23.7 Å². The van der Waals surface area contributed by atoms with Crippen LogP contribution in [0.2, 0.25) is 0 Å². The van der Waals surface area contributed by atoms with Gasteiger partial charge < -0.3 is 9.84 Å². The first-order chi connectivity index (χ1) is 11.1. The van der Waals surface area contributed by atoms with Crippen molar-refractivity contribution in [1.29, 1.82) is 0 Å². The molecule has 4 atom stereocenters. The Bertz CT molecular complexity index is 393. The molecule has 2 rings (SSSR count). The molecule has 23 heavy (non-hydrogen) atoms. The van der Waals surface area contributed by atoms with Crippen molar-refractivity contribution in [2.24, 2.45) is 23.7 Å². The summed E-state index contributed by atoms with van der Waals surface area (Å²) in [6.07, 6.45) is 12.5. The fourth-order valence-corrected chi connectivity index (χ4v) is 4.49. The summed E-state index contributed by atoms with van der Waals surface area (Å²) in [5, 5.41) is 9.38. The fourth-order valence-electron chi connectivity index (χ4n) is 4.49. The molecule has 4 unspecified atom stereocenters. The minimum atomic E-state index is -0.814. The molecule has 0 aliphatic heterocycles. The van der Waals surface area contributed by atoms with Gasteiger partial charge in [0.25, 0.3) is 0 Å². The third-order valence-electron chi connectivity index (χ3n) is 5.72. The Hall–Kier alpha value is -1.06. The number of aliphatic carboxylic acids is 1. The molecule has 0 radical (unpaired) electrons. The van der Waals surface area contributed by atoms with Crippen LogP contribution < -0.4 is 0 Å². The van der Waals surface area contributed by atoms with Crippen LogP contribution >= 0.6 is 0 Å². The SMILES string of the molecule is CCCCCCCCCCOC(=O)C1C2CCC(C2)C1C(=O)O. The monoisotopic (exact) mass is 324 g/mol. The molecular formula is C19H32O4. The van der Waals surface area contributed by atoms with Crippen LogP contribution in [-0.2, 0) is 14.3 Å². The number of carboxylic acid groups (broad SMARTS) is 1. The zero-order valence-electron chi connectivity index (χ0n) is 14.5. The summed E-state index contributed by atoms with van der Waals surface area (Å²) in [6, 6.07) is 0. The number of carbonyl (C=O) groups is 2. The molecule has 0 aromatic carbocycles. The Morgan fingerprint density at radius 2 is 1.48 bits per heavy atom.